The van der Waals surface area contributed by atoms with Crippen LogP contribution in [0.3, 0.4) is 0 Å². The summed E-state index contributed by atoms with van der Waals surface area (Å²) in [7, 11) is 1.32. The Hall–Kier alpha value is -1.19. The van der Waals surface area contributed by atoms with Crippen LogP contribution >= 0.6 is 23.5 Å². The second-order valence-corrected chi connectivity index (χ2v) is 4.70. The van der Waals surface area contributed by atoms with Gasteiger partial charge in [0.2, 0.25) is 0 Å². The van der Waals surface area contributed by atoms with E-state index in [9.17, 15) is 4.79 Å². The van der Waals surface area contributed by atoms with Crippen LogP contribution in [0, 0.1) is 18.3 Å². The Labute approximate surface area is 109 Å². The number of esters is 1. The van der Waals surface area contributed by atoms with Gasteiger partial charge < -0.3 is 4.74 Å². The van der Waals surface area contributed by atoms with Gasteiger partial charge in [-0.2, -0.15) is 5.26 Å². The van der Waals surface area contributed by atoms with E-state index in [0.29, 0.717) is 26.7 Å². The Bertz CT molecular complexity index is 495. The Morgan fingerprint density at radius 3 is 2.47 bits per heavy atom. The standard InChI is InChI=1S/C11H12N2O2S2/c1-6-8(11(14)15-2)9(16-3)7(5-12)10(13-6)17-4/h1-4H3. The summed E-state index contributed by atoms with van der Waals surface area (Å²) >= 11 is 2.75. The molecule has 0 atom stereocenters. The van der Waals surface area contributed by atoms with Crippen LogP contribution in [-0.4, -0.2) is 30.6 Å². The molecule has 0 saturated carbocycles. The second kappa shape index (κ2) is 5.94. The third kappa shape index (κ3) is 2.56. The molecule has 1 heterocycles. The van der Waals surface area contributed by atoms with E-state index in [0.717, 1.165) is 0 Å². The largest absolute Gasteiger partial charge is 0.465 e. The normalized spacial score (nSPS) is 9.82. The SMILES string of the molecule is COC(=O)c1c(C)nc(SC)c(C#N)c1SC. The fourth-order valence-corrected chi connectivity index (χ4v) is 2.87. The fourth-order valence-electron chi connectivity index (χ4n) is 1.44. The highest BCUT2D eigenvalue weighted by molar-refractivity contribution is 7.99. The molecule has 0 unspecified atom stereocenters. The van der Waals surface area contributed by atoms with Gasteiger partial charge in [-0.15, -0.1) is 23.5 Å². The molecule has 0 N–H and O–H groups in total. The maximum atomic E-state index is 11.7. The van der Waals surface area contributed by atoms with E-state index in [4.69, 9.17) is 10.00 Å². The lowest BCUT2D eigenvalue weighted by Crippen LogP contribution is -2.10. The van der Waals surface area contributed by atoms with E-state index in [1.165, 1.54) is 30.6 Å². The number of methoxy groups -OCH3 is 1. The number of aryl methyl sites for hydroxylation is 1. The summed E-state index contributed by atoms with van der Waals surface area (Å²) in [6.07, 6.45) is 3.68. The third-order valence-electron chi connectivity index (χ3n) is 2.20. The van der Waals surface area contributed by atoms with Crippen molar-refractivity contribution in [3.63, 3.8) is 0 Å². The number of carbonyl (C=O) groups is 1. The molecule has 6 heteroatoms. The third-order valence-corrected chi connectivity index (χ3v) is 3.70. The summed E-state index contributed by atoms with van der Waals surface area (Å²) in [5.41, 5.74) is 1.41. The number of nitriles is 1. The first kappa shape index (κ1) is 13.9. The van der Waals surface area contributed by atoms with Crippen molar-refractivity contribution < 1.29 is 9.53 Å². The first-order valence-electron chi connectivity index (χ1n) is 4.71. The minimum atomic E-state index is -0.455. The molecule has 0 radical (unpaired) electrons. The lowest BCUT2D eigenvalue weighted by molar-refractivity contribution is 0.0595. The molecule has 1 aromatic heterocycles. The van der Waals surface area contributed by atoms with Crippen LogP contribution in [0.4, 0.5) is 0 Å². The molecular weight excluding hydrogens is 256 g/mol. The van der Waals surface area contributed by atoms with Crippen molar-refractivity contribution in [2.24, 2.45) is 0 Å². The van der Waals surface area contributed by atoms with E-state index in [2.05, 4.69) is 11.1 Å². The Morgan fingerprint density at radius 1 is 1.41 bits per heavy atom. The monoisotopic (exact) mass is 268 g/mol. The number of thioether (sulfide) groups is 2. The number of rotatable bonds is 3. The van der Waals surface area contributed by atoms with E-state index in [1.807, 2.05) is 12.5 Å². The van der Waals surface area contributed by atoms with Crippen molar-refractivity contribution >= 4 is 29.5 Å². The minimum absolute atomic E-state index is 0.384. The van der Waals surface area contributed by atoms with Gasteiger partial charge in [-0.25, -0.2) is 9.78 Å². The Balaban J connectivity index is 3.62. The van der Waals surface area contributed by atoms with Gasteiger partial charge in [0.05, 0.1) is 23.9 Å². The molecule has 0 aliphatic heterocycles. The van der Waals surface area contributed by atoms with Crippen LogP contribution in [0.15, 0.2) is 9.92 Å². The zero-order valence-corrected chi connectivity index (χ0v) is 11.7. The lowest BCUT2D eigenvalue weighted by Gasteiger charge is -2.12. The number of hydrogen-bond donors (Lipinski definition) is 0. The summed E-state index contributed by atoms with van der Waals surface area (Å²) in [5.74, 6) is -0.455. The molecule has 0 aliphatic carbocycles. The summed E-state index contributed by atoms with van der Waals surface area (Å²) in [6.45, 7) is 1.74. The van der Waals surface area contributed by atoms with Crippen LogP contribution < -0.4 is 0 Å². The van der Waals surface area contributed by atoms with E-state index >= 15 is 0 Å². The molecule has 4 nitrogen and oxygen atoms in total. The average molecular weight is 268 g/mol. The number of hydrogen-bond acceptors (Lipinski definition) is 6. The molecule has 90 valence electrons. The highest BCUT2D eigenvalue weighted by Crippen LogP contribution is 2.32. The average Bonchev–Trinajstić information content (AvgIpc) is 2.36. The smallest absolute Gasteiger partial charge is 0.340 e. The summed E-state index contributed by atoms with van der Waals surface area (Å²) in [4.78, 5) is 16.6. The van der Waals surface area contributed by atoms with Crippen molar-refractivity contribution in [1.82, 2.24) is 4.98 Å². The van der Waals surface area contributed by atoms with Gasteiger partial charge in [-0.05, 0) is 19.4 Å². The number of nitrogens with zero attached hydrogens (tertiary/aromatic N) is 2. The first-order chi connectivity index (χ1) is 8.10. The van der Waals surface area contributed by atoms with E-state index in [1.54, 1.807) is 6.92 Å². The molecule has 0 aromatic carbocycles. The van der Waals surface area contributed by atoms with Crippen LogP contribution in [0.5, 0.6) is 0 Å². The highest BCUT2D eigenvalue weighted by atomic mass is 32.2. The molecule has 0 amide bonds. The molecule has 0 fully saturated rings. The van der Waals surface area contributed by atoms with Gasteiger partial charge in [-0.3, -0.25) is 0 Å². The second-order valence-electron chi connectivity index (χ2n) is 3.09. The first-order valence-corrected chi connectivity index (χ1v) is 7.16. The molecular formula is C11H12N2O2S2. The van der Waals surface area contributed by atoms with Crippen LogP contribution in [0.25, 0.3) is 0 Å². The van der Waals surface area contributed by atoms with Crippen molar-refractivity contribution in [2.75, 3.05) is 19.6 Å². The Kier molecular flexibility index (Phi) is 4.85. The van der Waals surface area contributed by atoms with Crippen LogP contribution in [0.1, 0.15) is 21.6 Å². The summed E-state index contributed by atoms with van der Waals surface area (Å²) in [5, 5.41) is 9.80. The van der Waals surface area contributed by atoms with Crippen molar-refractivity contribution in [2.45, 2.75) is 16.8 Å². The van der Waals surface area contributed by atoms with Crippen LogP contribution in [-0.2, 0) is 4.74 Å². The van der Waals surface area contributed by atoms with Gasteiger partial charge in [0.1, 0.15) is 11.1 Å². The van der Waals surface area contributed by atoms with Crippen molar-refractivity contribution in [3.05, 3.63) is 16.8 Å². The quantitative estimate of drug-likeness (QED) is 0.620. The minimum Gasteiger partial charge on any atom is -0.465 e. The topological polar surface area (TPSA) is 63.0 Å². The molecule has 0 aliphatic rings. The summed E-state index contributed by atoms with van der Waals surface area (Å²) in [6, 6.07) is 2.10. The molecule has 1 aromatic rings. The van der Waals surface area contributed by atoms with Gasteiger partial charge in [0.15, 0.2) is 0 Å². The fraction of sp³-hybridized carbons (Fsp3) is 0.364. The molecule has 1 rings (SSSR count). The Morgan fingerprint density at radius 2 is 2.06 bits per heavy atom. The van der Waals surface area contributed by atoms with Crippen molar-refractivity contribution in [3.8, 4) is 6.07 Å². The van der Waals surface area contributed by atoms with Crippen LogP contribution in [0.2, 0.25) is 0 Å². The zero-order valence-electron chi connectivity index (χ0n) is 10.0. The molecule has 0 saturated heterocycles. The maximum absolute atomic E-state index is 11.7. The predicted octanol–water partition coefficient (Wildman–Crippen LogP) is 2.49. The predicted molar refractivity (Wildman–Crippen MR) is 68.6 cm³/mol. The number of aromatic nitrogens is 1. The van der Waals surface area contributed by atoms with Gasteiger partial charge in [-0.1, -0.05) is 0 Å². The number of ether oxygens (including phenoxy) is 1. The van der Waals surface area contributed by atoms with E-state index < -0.39 is 5.97 Å². The van der Waals surface area contributed by atoms with Gasteiger partial charge >= 0.3 is 5.97 Å². The van der Waals surface area contributed by atoms with Crippen molar-refractivity contribution in [1.29, 1.82) is 5.26 Å². The molecule has 17 heavy (non-hydrogen) atoms. The van der Waals surface area contributed by atoms with Gasteiger partial charge in [0, 0.05) is 4.90 Å². The van der Waals surface area contributed by atoms with Gasteiger partial charge in [0.25, 0.3) is 0 Å². The number of carbonyl (C=O) groups excluding carboxylic acids is 1. The maximum Gasteiger partial charge on any atom is 0.340 e. The zero-order chi connectivity index (χ0) is 13.0. The molecule has 0 spiro atoms. The highest BCUT2D eigenvalue weighted by Gasteiger charge is 2.22. The van der Waals surface area contributed by atoms with E-state index in [-0.39, 0.29) is 0 Å². The summed E-state index contributed by atoms with van der Waals surface area (Å²) < 4.78 is 4.72. The lowest BCUT2D eigenvalue weighted by atomic mass is 10.1. The molecule has 0 bridgehead atoms. The number of pyridine rings is 1.